The zero-order valence-corrected chi connectivity index (χ0v) is 10.5. The Morgan fingerprint density at radius 2 is 2.25 bits per heavy atom. The molecule has 1 rings (SSSR count). The van der Waals surface area contributed by atoms with E-state index in [1.165, 1.54) is 0 Å². The molecule has 3 nitrogen and oxygen atoms in total. The Morgan fingerprint density at radius 1 is 1.56 bits per heavy atom. The summed E-state index contributed by atoms with van der Waals surface area (Å²) in [4.78, 5) is 12.0. The third-order valence-corrected chi connectivity index (χ3v) is 2.71. The fourth-order valence-corrected chi connectivity index (χ4v) is 1.41. The summed E-state index contributed by atoms with van der Waals surface area (Å²) in [5.41, 5.74) is 6.79. The highest BCUT2D eigenvalue weighted by molar-refractivity contribution is 7.80. The fraction of sp³-hybridized carbons (Fsp3) is 0.273. The molecule has 3 N–H and O–H groups in total. The SMILES string of the molecule is Cc1cc(C(=O)NCCC(N)=S)ccc1Cl. The average Bonchev–Trinajstić information content (AvgIpc) is 2.21. The van der Waals surface area contributed by atoms with Crippen LogP contribution >= 0.6 is 23.8 Å². The van der Waals surface area contributed by atoms with Crippen LogP contribution in [-0.2, 0) is 0 Å². The van der Waals surface area contributed by atoms with Crippen molar-refractivity contribution in [3.8, 4) is 0 Å². The molecule has 0 bridgehead atoms. The Balaban J connectivity index is 2.59. The van der Waals surface area contributed by atoms with Gasteiger partial charge in [-0.3, -0.25) is 4.79 Å². The van der Waals surface area contributed by atoms with E-state index in [9.17, 15) is 4.79 Å². The van der Waals surface area contributed by atoms with Gasteiger partial charge in [-0.25, -0.2) is 0 Å². The molecule has 0 aliphatic carbocycles. The van der Waals surface area contributed by atoms with E-state index in [4.69, 9.17) is 29.6 Å². The Labute approximate surface area is 105 Å². The van der Waals surface area contributed by atoms with Gasteiger partial charge in [0.05, 0.1) is 4.99 Å². The first-order valence-electron chi connectivity index (χ1n) is 4.83. The monoisotopic (exact) mass is 256 g/mol. The van der Waals surface area contributed by atoms with Crippen LogP contribution in [0.1, 0.15) is 22.3 Å². The van der Waals surface area contributed by atoms with Crippen molar-refractivity contribution < 1.29 is 4.79 Å². The molecule has 0 spiro atoms. The number of aryl methyl sites for hydroxylation is 1. The van der Waals surface area contributed by atoms with Crippen molar-refractivity contribution in [3.05, 3.63) is 34.3 Å². The number of nitrogens with two attached hydrogens (primary N) is 1. The first-order chi connectivity index (χ1) is 7.50. The number of carbonyl (C=O) groups is 1. The summed E-state index contributed by atoms with van der Waals surface area (Å²) < 4.78 is 0. The molecule has 0 saturated heterocycles. The van der Waals surface area contributed by atoms with Gasteiger partial charge in [-0.2, -0.15) is 0 Å². The topological polar surface area (TPSA) is 55.1 Å². The van der Waals surface area contributed by atoms with Crippen LogP contribution in [0.25, 0.3) is 0 Å². The van der Waals surface area contributed by atoms with Crippen molar-refractivity contribution in [2.75, 3.05) is 6.54 Å². The Hall–Kier alpha value is -1.13. The van der Waals surface area contributed by atoms with Gasteiger partial charge in [0.15, 0.2) is 0 Å². The summed E-state index contributed by atoms with van der Waals surface area (Å²) in [5.74, 6) is -0.143. The highest BCUT2D eigenvalue weighted by atomic mass is 35.5. The predicted octanol–water partition coefficient (Wildman–Crippen LogP) is 2.05. The summed E-state index contributed by atoms with van der Waals surface area (Å²) >= 11 is 10.6. The van der Waals surface area contributed by atoms with Gasteiger partial charge in [0.1, 0.15) is 0 Å². The normalized spacial score (nSPS) is 9.88. The predicted molar refractivity (Wildman–Crippen MR) is 69.9 cm³/mol. The van der Waals surface area contributed by atoms with E-state index in [0.717, 1.165) is 5.56 Å². The highest BCUT2D eigenvalue weighted by Crippen LogP contribution is 2.16. The lowest BCUT2D eigenvalue weighted by atomic mass is 10.1. The minimum absolute atomic E-state index is 0.143. The summed E-state index contributed by atoms with van der Waals surface area (Å²) in [6.45, 7) is 2.31. The number of benzene rings is 1. The molecule has 0 aliphatic heterocycles. The maximum atomic E-state index is 11.7. The molecule has 0 aliphatic rings. The van der Waals surface area contributed by atoms with Gasteiger partial charge in [-0.1, -0.05) is 23.8 Å². The minimum atomic E-state index is -0.143. The second-order valence-electron chi connectivity index (χ2n) is 3.44. The van der Waals surface area contributed by atoms with Gasteiger partial charge < -0.3 is 11.1 Å². The second kappa shape index (κ2) is 5.82. The summed E-state index contributed by atoms with van der Waals surface area (Å²) in [5, 5.41) is 3.38. The molecule has 1 aromatic rings. The number of amides is 1. The van der Waals surface area contributed by atoms with Gasteiger partial charge in [0.2, 0.25) is 0 Å². The fourth-order valence-electron chi connectivity index (χ4n) is 1.19. The molecular formula is C11H13ClN2OS. The van der Waals surface area contributed by atoms with Crippen molar-refractivity contribution in [1.29, 1.82) is 0 Å². The summed E-state index contributed by atoms with van der Waals surface area (Å²) in [6.07, 6.45) is 0.508. The molecule has 0 saturated carbocycles. The molecular weight excluding hydrogens is 244 g/mol. The summed E-state index contributed by atoms with van der Waals surface area (Å²) in [6, 6.07) is 5.14. The number of hydrogen-bond donors (Lipinski definition) is 2. The number of nitrogens with one attached hydrogen (secondary N) is 1. The van der Waals surface area contributed by atoms with Crippen molar-refractivity contribution in [1.82, 2.24) is 5.32 Å². The number of rotatable bonds is 4. The number of thiocarbonyl (C=S) groups is 1. The van der Waals surface area contributed by atoms with Crippen LogP contribution in [0.2, 0.25) is 5.02 Å². The van der Waals surface area contributed by atoms with E-state index in [1.54, 1.807) is 18.2 Å². The first kappa shape index (κ1) is 12.9. The van der Waals surface area contributed by atoms with Gasteiger partial charge in [-0.15, -0.1) is 0 Å². The largest absolute Gasteiger partial charge is 0.393 e. The maximum Gasteiger partial charge on any atom is 0.251 e. The molecule has 0 atom stereocenters. The second-order valence-corrected chi connectivity index (χ2v) is 4.37. The van der Waals surface area contributed by atoms with E-state index in [-0.39, 0.29) is 5.91 Å². The molecule has 0 heterocycles. The molecule has 0 radical (unpaired) electrons. The molecule has 86 valence electrons. The molecule has 0 fully saturated rings. The number of carbonyl (C=O) groups excluding carboxylic acids is 1. The van der Waals surface area contributed by atoms with Crippen molar-refractivity contribution in [2.45, 2.75) is 13.3 Å². The molecule has 0 unspecified atom stereocenters. The summed E-state index contributed by atoms with van der Waals surface area (Å²) in [7, 11) is 0. The van der Waals surface area contributed by atoms with Crippen molar-refractivity contribution in [2.24, 2.45) is 5.73 Å². The first-order valence-corrected chi connectivity index (χ1v) is 5.62. The Kier molecular flexibility index (Phi) is 4.71. The minimum Gasteiger partial charge on any atom is -0.393 e. The van der Waals surface area contributed by atoms with E-state index in [0.29, 0.717) is 28.5 Å². The third kappa shape index (κ3) is 3.79. The van der Waals surface area contributed by atoms with E-state index in [1.807, 2.05) is 6.92 Å². The van der Waals surface area contributed by atoms with Crippen molar-refractivity contribution >= 4 is 34.7 Å². The number of halogens is 1. The van der Waals surface area contributed by atoms with Gasteiger partial charge in [0.25, 0.3) is 5.91 Å². The van der Waals surface area contributed by atoms with Crippen LogP contribution < -0.4 is 11.1 Å². The quantitative estimate of drug-likeness (QED) is 0.811. The van der Waals surface area contributed by atoms with Crippen LogP contribution in [0.5, 0.6) is 0 Å². The van der Waals surface area contributed by atoms with Gasteiger partial charge >= 0.3 is 0 Å². The van der Waals surface area contributed by atoms with Gasteiger partial charge in [0, 0.05) is 23.6 Å². The lowest BCUT2D eigenvalue weighted by Crippen LogP contribution is -2.27. The molecule has 5 heteroatoms. The average molecular weight is 257 g/mol. The van der Waals surface area contributed by atoms with Crippen molar-refractivity contribution in [3.63, 3.8) is 0 Å². The van der Waals surface area contributed by atoms with E-state index in [2.05, 4.69) is 5.32 Å². The van der Waals surface area contributed by atoms with Crippen LogP contribution in [0, 0.1) is 6.92 Å². The highest BCUT2D eigenvalue weighted by Gasteiger charge is 2.06. The number of hydrogen-bond acceptors (Lipinski definition) is 2. The van der Waals surface area contributed by atoms with Crippen LogP contribution in [0.3, 0.4) is 0 Å². The van der Waals surface area contributed by atoms with E-state index < -0.39 is 0 Å². The zero-order chi connectivity index (χ0) is 12.1. The Bertz CT molecular complexity index is 420. The van der Waals surface area contributed by atoms with Crippen LogP contribution in [0.4, 0.5) is 0 Å². The molecule has 16 heavy (non-hydrogen) atoms. The third-order valence-electron chi connectivity index (χ3n) is 2.08. The van der Waals surface area contributed by atoms with Crippen LogP contribution in [0.15, 0.2) is 18.2 Å². The lowest BCUT2D eigenvalue weighted by Gasteiger charge is -2.05. The smallest absolute Gasteiger partial charge is 0.251 e. The Morgan fingerprint density at radius 3 is 2.81 bits per heavy atom. The molecule has 0 aromatic heterocycles. The van der Waals surface area contributed by atoms with E-state index >= 15 is 0 Å². The maximum absolute atomic E-state index is 11.7. The molecule has 1 aromatic carbocycles. The van der Waals surface area contributed by atoms with Gasteiger partial charge in [-0.05, 0) is 30.7 Å². The standard InChI is InChI=1S/C11H13ClN2OS/c1-7-6-8(2-3-9(7)12)11(15)14-5-4-10(13)16/h2-3,6H,4-5H2,1H3,(H2,13,16)(H,14,15). The molecule has 1 amide bonds. The lowest BCUT2D eigenvalue weighted by molar-refractivity contribution is 0.0955. The zero-order valence-electron chi connectivity index (χ0n) is 8.92. The van der Waals surface area contributed by atoms with Crippen LogP contribution in [-0.4, -0.2) is 17.4 Å².